The monoisotopic (exact) mass is 359 g/mol. The lowest BCUT2D eigenvalue weighted by molar-refractivity contribution is -0.117. The van der Waals surface area contributed by atoms with Gasteiger partial charge in [-0.2, -0.15) is 0 Å². The van der Waals surface area contributed by atoms with Crippen molar-refractivity contribution in [2.75, 3.05) is 20.1 Å². The van der Waals surface area contributed by atoms with Crippen LogP contribution in [0.4, 0.5) is 4.39 Å². The van der Waals surface area contributed by atoms with Gasteiger partial charge in [-0.25, -0.2) is 9.37 Å². The zero-order valence-corrected chi connectivity index (χ0v) is 14.9. The second-order valence-electron chi connectivity index (χ2n) is 6.61. The number of hydrogen-bond acceptors (Lipinski definition) is 4. The summed E-state index contributed by atoms with van der Waals surface area (Å²) in [6, 6.07) is 4.95. The zero-order valence-electron chi connectivity index (χ0n) is 14.9. The highest BCUT2D eigenvalue weighted by atomic mass is 19.1. The van der Waals surface area contributed by atoms with Gasteiger partial charge in [0.25, 0.3) is 5.91 Å². The number of primary amides is 1. The number of rotatable bonds is 4. The molecule has 7 nitrogen and oxygen atoms in total. The van der Waals surface area contributed by atoms with Gasteiger partial charge >= 0.3 is 0 Å². The number of aryl methyl sites for hydroxylation is 1. The van der Waals surface area contributed by atoms with Crippen molar-refractivity contribution in [1.29, 1.82) is 0 Å². The van der Waals surface area contributed by atoms with E-state index in [0.717, 1.165) is 18.5 Å². The minimum atomic E-state index is -0.634. The summed E-state index contributed by atoms with van der Waals surface area (Å²) < 4.78 is 16.4. The number of imidazole rings is 1. The molecule has 2 aromatic rings. The average molecular weight is 359 g/mol. The highest BCUT2D eigenvalue weighted by Crippen LogP contribution is 2.28. The van der Waals surface area contributed by atoms with Crippen LogP contribution in [0.2, 0.25) is 0 Å². The molecule has 3 N–H and O–H groups in total. The first kappa shape index (κ1) is 18.1. The molecule has 138 valence electrons. The second-order valence-corrected chi connectivity index (χ2v) is 6.61. The van der Waals surface area contributed by atoms with Crippen LogP contribution in [0.15, 0.2) is 18.2 Å². The molecule has 1 aromatic heterocycles. The van der Waals surface area contributed by atoms with E-state index in [4.69, 9.17) is 5.73 Å². The number of aromatic nitrogens is 2. The van der Waals surface area contributed by atoms with Crippen LogP contribution in [0.5, 0.6) is 0 Å². The van der Waals surface area contributed by atoms with Gasteiger partial charge in [0, 0.05) is 13.1 Å². The van der Waals surface area contributed by atoms with Crippen molar-refractivity contribution in [1.82, 2.24) is 19.8 Å². The second kappa shape index (κ2) is 7.25. The lowest BCUT2D eigenvalue weighted by Crippen LogP contribution is -2.34. The van der Waals surface area contributed by atoms with E-state index in [1.165, 1.54) is 6.07 Å². The maximum atomic E-state index is 14.5. The van der Waals surface area contributed by atoms with Gasteiger partial charge < -0.3 is 20.5 Å². The Hall–Kier alpha value is -2.74. The lowest BCUT2D eigenvalue weighted by atomic mass is 10.1. The minimum Gasteiger partial charge on any atom is -0.368 e. The normalized spacial score (nSPS) is 14.6. The first-order valence-electron chi connectivity index (χ1n) is 8.47. The number of nitrogens with zero attached hydrogens (tertiary/aromatic N) is 3. The Morgan fingerprint density at radius 2 is 2.12 bits per heavy atom. The van der Waals surface area contributed by atoms with Crippen LogP contribution in [0.25, 0.3) is 11.4 Å². The van der Waals surface area contributed by atoms with Crippen molar-refractivity contribution in [3.05, 3.63) is 41.0 Å². The van der Waals surface area contributed by atoms with E-state index in [1.807, 2.05) is 24.6 Å². The van der Waals surface area contributed by atoms with Gasteiger partial charge in [-0.3, -0.25) is 9.59 Å². The van der Waals surface area contributed by atoms with Crippen LogP contribution in [0.1, 0.15) is 28.2 Å². The summed E-state index contributed by atoms with van der Waals surface area (Å²) in [5, 5.41) is 2.47. The summed E-state index contributed by atoms with van der Waals surface area (Å²) in [6.45, 7) is 3.56. The summed E-state index contributed by atoms with van der Waals surface area (Å²) in [4.78, 5) is 30.0. The molecular formula is C18H22FN5O2. The number of carbonyl (C=O) groups excluding carboxylic acids is 2. The molecule has 1 aliphatic rings. The van der Waals surface area contributed by atoms with Gasteiger partial charge in [-0.15, -0.1) is 0 Å². The molecule has 3 rings (SSSR count). The number of hydrogen-bond donors (Lipinski definition) is 2. The minimum absolute atomic E-state index is 0.204. The highest BCUT2D eigenvalue weighted by molar-refractivity contribution is 5.96. The van der Waals surface area contributed by atoms with Crippen molar-refractivity contribution in [3.8, 4) is 11.4 Å². The first-order valence-corrected chi connectivity index (χ1v) is 8.47. The molecule has 2 amide bonds. The van der Waals surface area contributed by atoms with Gasteiger partial charge in [-0.1, -0.05) is 6.07 Å². The number of nitrogens with one attached hydrogen (secondary N) is 1. The van der Waals surface area contributed by atoms with Gasteiger partial charge in [0.05, 0.1) is 17.8 Å². The summed E-state index contributed by atoms with van der Waals surface area (Å²) in [5.74, 6) is -1.07. The Balaban J connectivity index is 2.09. The first-order chi connectivity index (χ1) is 12.4. The van der Waals surface area contributed by atoms with Crippen molar-refractivity contribution >= 4 is 11.8 Å². The molecule has 1 aromatic carbocycles. The molecule has 8 heteroatoms. The van der Waals surface area contributed by atoms with E-state index < -0.39 is 11.8 Å². The maximum absolute atomic E-state index is 14.5. The fourth-order valence-corrected chi connectivity index (χ4v) is 3.16. The van der Waals surface area contributed by atoms with E-state index in [2.05, 4.69) is 15.2 Å². The molecule has 0 saturated carbocycles. The van der Waals surface area contributed by atoms with Crippen molar-refractivity contribution in [3.63, 3.8) is 0 Å². The summed E-state index contributed by atoms with van der Waals surface area (Å²) in [7, 11) is 1.96. The van der Waals surface area contributed by atoms with Crippen LogP contribution in [0.3, 0.4) is 0 Å². The third-order valence-electron chi connectivity index (χ3n) is 4.42. The fourth-order valence-electron chi connectivity index (χ4n) is 3.16. The van der Waals surface area contributed by atoms with Gasteiger partial charge in [0.15, 0.2) is 5.69 Å². The van der Waals surface area contributed by atoms with E-state index in [0.29, 0.717) is 30.2 Å². The lowest BCUT2D eigenvalue weighted by Gasteiger charge is -2.13. The SMILES string of the molecule is Cc1ccc(-c2nc(C(=O)NCC(N)=O)c3n2CCCN(C)C3)c(F)c1. The van der Waals surface area contributed by atoms with Crippen molar-refractivity contribution in [2.45, 2.75) is 26.4 Å². The molecule has 0 bridgehead atoms. The molecule has 2 heterocycles. The number of carbonyl (C=O) groups is 2. The average Bonchev–Trinajstić information content (AvgIpc) is 2.79. The Bertz CT molecular complexity index is 862. The molecule has 0 unspecified atom stereocenters. The molecule has 1 aliphatic heterocycles. The fraction of sp³-hybridized carbons (Fsp3) is 0.389. The number of nitrogens with two attached hydrogens (primary N) is 1. The van der Waals surface area contributed by atoms with Gasteiger partial charge in [0.2, 0.25) is 5.91 Å². The quantitative estimate of drug-likeness (QED) is 0.853. The smallest absolute Gasteiger partial charge is 0.272 e. The number of amides is 2. The number of benzene rings is 1. The van der Waals surface area contributed by atoms with Gasteiger partial charge in [-0.05, 0) is 44.6 Å². The Morgan fingerprint density at radius 3 is 2.81 bits per heavy atom. The van der Waals surface area contributed by atoms with Crippen LogP contribution in [-0.4, -0.2) is 46.4 Å². The van der Waals surface area contributed by atoms with Crippen LogP contribution in [0, 0.1) is 12.7 Å². The summed E-state index contributed by atoms with van der Waals surface area (Å²) in [5.41, 5.74) is 7.18. The number of halogens is 1. The van der Waals surface area contributed by atoms with Crippen LogP contribution < -0.4 is 11.1 Å². The summed E-state index contributed by atoms with van der Waals surface area (Å²) >= 11 is 0. The maximum Gasteiger partial charge on any atom is 0.272 e. The van der Waals surface area contributed by atoms with Crippen molar-refractivity contribution < 1.29 is 14.0 Å². The predicted molar refractivity (Wildman–Crippen MR) is 94.8 cm³/mol. The Morgan fingerprint density at radius 1 is 1.35 bits per heavy atom. The highest BCUT2D eigenvalue weighted by Gasteiger charge is 2.26. The molecule has 0 atom stereocenters. The molecule has 26 heavy (non-hydrogen) atoms. The number of fused-ring (bicyclic) bond motifs is 1. The topological polar surface area (TPSA) is 93.3 Å². The van der Waals surface area contributed by atoms with Gasteiger partial charge in [0.1, 0.15) is 11.6 Å². The summed E-state index contributed by atoms with van der Waals surface area (Å²) in [6.07, 6.45) is 0.864. The zero-order chi connectivity index (χ0) is 18.8. The molecule has 0 saturated heterocycles. The molecular weight excluding hydrogens is 337 g/mol. The molecule has 0 radical (unpaired) electrons. The molecule has 0 spiro atoms. The van der Waals surface area contributed by atoms with Crippen molar-refractivity contribution in [2.24, 2.45) is 5.73 Å². The van der Waals surface area contributed by atoms with E-state index in [-0.39, 0.29) is 18.1 Å². The standard InChI is InChI=1S/C18H22FN5O2/c1-11-4-5-12(13(19)8-11)17-22-16(18(26)21-9-15(20)25)14-10-23(2)6-3-7-24(14)17/h4-5,8H,3,6-7,9-10H2,1-2H3,(H2,20,25)(H,21,26). The third-order valence-corrected chi connectivity index (χ3v) is 4.42. The van der Waals surface area contributed by atoms with E-state index >= 15 is 0 Å². The third kappa shape index (κ3) is 3.60. The Kier molecular flexibility index (Phi) is 5.03. The molecule has 0 aliphatic carbocycles. The largest absolute Gasteiger partial charge is 0.368 e. The van der Waals surface area contributed by atoms with Crippen LogP contribution >= 0.6 is 0 Å². The Labute approximate surface area is 151 Å². The predicted octanol–water partition coefficient (Wildman–Crippen LogP) is 1.05. The van der Waals surface area contributed by atoms with E-state index in [9.17, 15) is 14.0 Å². The van der Waals surface area contributed by atoms with Crippen LogP contribution in [-0.2, 0) is 17.9 Å². The van der Waals surface area contributed by atoms with E-state index in [1.54, 1.807) is 6.07 Å². The molecule has 0 fully saturated rings.